The van der Waals surface area contributed by atoms with E-state index in [0.29, 0.717) is 5.92 Å². The van der Waals surface area contributed by atoms with E-state index in [1.807, 2.05) is 12.1 Å². The zero-order valence-corrected chi connectivity index (χ0v) is 10.8. The number of halogens is 2. The topological polar surface area (TPSA) is 23.5 Å². The summed E-state index contributed by atoms with van der Waals surface area (Å²) in [6.45, 7) is 2.16. The summed E-state index contributed by atoms with van der Waals surface area (Å²) in [6.07, 6.45) is 1.04. The zero-order chi connectivity index (χ0) is 11.5. The van der Waals surface area contributed by atoms with E-state index in [1.165, 1.54) is 12.1 Å². The van der Waals surface area contributed by atoms with Crippen LogP contribution < -0.4 is 0 Å². The number of hydrogen-bond donors (Lipinski definition) is 1. The van der Waals surface area contributed by atoms with E-state index in [4.69, 9.17) is 0 Å². The van der Waals surface area contributed by atoms with E-state index in [9.17, 15) is 9.50 Å². The number of hydrogen-bond acceptors (Lipinski definition) is 2. The highest BCUT2D eigenvalue weighted by molar-refractivity contribution is 5.85. The third-order valence-corrected chi connectivity index (χ3v) is 3.47. The molecule has 1 aromatic rings. The van der Waals surface area contributed by atoms with E-state index in [2.05, 4.69) is 11.9 Å². The van der Waals surface area contributed by atoms with Gasteiger partial charge < -0.3 is 10.0 Å². The molecule has 96 valence electrons. The molecule has 1 aromatic carbocycles. The smallest absolute Gasteiger partial charge is 0.123 e. The van der Waals surface area contributed by atoms with Crippen LogP contribution in [0.3, 0.4) is 0 Å². The lowest BCUT2D eigenvalue weighted by Crippen LogP contribution is -2.38. The van der Waals surface area contributed by atoms with Crippen LogP contribution in [-0.4, -0.2) is 36.8 Å². The van der Waals surface area contributed by atoms with E-state index < -0.39 is 0 Å². The molecule has 1 heterocycles. The van der Waals surface area contributed by atoms with Crippen molar-refractivity contribution in [2.45, 2.75) is 12.3 Å². The predicted molar refractivity (Wildman–Crippen MR) is 69.1 cm³/mol. The molecule has 4 heteroatoms. The largest absolute Gasteiger partial charge is 0.396 e. The maximum atomic E-state index is 12.8. The standard InChI is InChI=1S/C13H18FNO.ClH/c1-15-7-6-13(11(8-15)9-16)10-2-4-12(14)5-3-10;/h2-5,11,13,16H,6-9H2,1H3;1H/t11-,13+;/m1./s1. The zero-order valence-electron chi connectivity index (χ0n) is 9.97. The third kappa shape index (κ3) is 3.41. The lowest BCUT2D eigenvalue weighted by molar-refractivity contribution is 0.118. The van der Waals surface area contributed by atoms with Crippen LogP contribution in [-0.2, 0) is 0 Å². The number of aliphatic hydroxyl groups is 1. The maximum Gasteiger partial charge on any atom is 0.123 e. The van der Waals surface area contributed by atoms with E-state index in [0.717, 1.165) is 25.1 Å². The van der Waals surface area contributed by atoms with Gasteiger partial charge in [0, 0.05) is 19.1 Å². The molecule has 17 heavy (non-hydrogen) atoms. The summed E-state index contributed by atoms with van der Waals surface area (Å²) in [5.41, 5.74) is 1.15. The molecule has 0 radical (unpaired) electrons. The van der Waals surface area contributed by atoms with Gasteiger partial charge in [0.05, 0.1) is 0 Å². The first-order chi connectivity index (χ1) is 7.70. The highest BCUT2D eigenvalue weighted by atomic mass is 35.5. The lowest BCUT2D eigenvalue weighted by atomic mass is 9.81. The molecular weight excluding hydrogens is 241 g/mol. The summed E-state index contributed by atoms with van der Waals surface area (Å²) >= 11 is 0. The third-order valence-electron chi connectivity index (χ3n) is 3.47. The Morgan fingerprint density at radius 3 is 2.59 bits per heavy atom. The Balaban J connectivity index is 0.00000144. The van der Waals surface area contributed by atoms with Crippen LogP contribution in [0, 0.1) is 11.7 Å². The lowest BCUT2D eigenvalue weighted by Gasteiger charge is -2.36. The molecule has 0 aromatic heterocycles. The molecule has 0 spiro atoms. The first kappa shape index (κ1) is 14.4. The quantitative estimate of drug-likeness (QED) is 0.881. The number of rotatable bonds is 2. The molecule has 0 aliphatic carbocycles. The van der Waals surface area contributed by atoms with Crippen molar-refractivity contribution in [3.63, 3.8) is 0 Å². The Morgan fingerprint density at radius 2 is 2.00 bits per heavy atom. The van der Waals surface area contributed by atoms with Crippen molar-refractivity contribution in [1.29, 1.82) is 0 Å². The minimum Gasteiger partial charge on any atom is -0.396 e. The first-order valence-electron chi connectivity index (χ1n) is 5.75. The summed E-state index contributed by atoms with van der Waals surface area (Å²) in [5, 5.41) is 9.39. The van der Waals surface area contributed by atoms with Gasteiger partial charge in [0.25, 0.3) is 0 Å². The molecule has 1 saturated heterocycles. The molecule has 2 rings (SSSR count). The average molecular weight is 260 g/mol. The maximum absolute atomic E-state index is 12.8. The molecule has 0 saturated carbocycles. The van der Waals surface area contributed by atoms with Gasteiger partial charge >= 0.3 is 0 Å². The van der Waals surface area contributed by atoms with Crippen molar-refractivity contribution < 1.29 is 9.50 Å². The number of nitrogens with zero attached hydrogens (tertiary/aromatic N) is 1. The average Bonchev–Trinajstić information content (AvgIpc) is 2.30. The van der Waals surface area contributed by atoms with Gasteiger partial charge in [-0.3, -0.25) is 0 Å². The summed E-state index contributed by atoms with van der Waals surface area (Å²) in [5.74, 6) is 0.434. The Bertz CT molecular complexity index is 344. The van der Waals surface area contributed by atoms with Gasteiger partial charge in [0.1, 0.15) is 5.82 Å². The number of likely N-dealkylation sites (tertiary alicyclic amines) is 1. The Kier molecular flexibility index (Phi) is 5.37. The summed E-state index contributed by atoms with van der Waals surface area (Å²) < 4.78 is 12.8. The highest BCUT2D eigenvalue weighted by Crippen LogP contribution is 2.32. The van der Waals surface area contributed by atoms with Gasteiger partial charge in [-0.1, -0.05) is 12.1 Å². The molecule has 2 atom stereocenters. The predicted octanol–water partition coefficient (Wildman–Crippen LogP) is 2.28. The number of aliphatic hydroxyl groups excluding tert-OH is 1. The van der Waals surface area contributed by atoms with Crippen LogP contribution in [0.5, 0.6) is 0 Å². The molecular formula is C13H19ClFNO. The van der Waals surface area contributed by atoms with Crippen molar-refractivity contribution in [1.82, 2.24) is 4.90 Å². The van der Waals surface area contributed by atoms with Crippen molar-refractivity contribution in [2.24, 2.45) is 5.92 Å². The highest BCUT2D eigenvalue weighted by Gasteiger charge is 2.28. The van der Waals surface area contributed by atoms with Gasteiger partial charge in [-0.2, -0.15) is 0 Å². The normalized spacial score (nSPS) is 25.4. The van der Waals surface area contributed by atoms with Crippen LogP contribution in [0.2, 0.25) is 0 Å². The second-order valence-electron chi connectivity index (χ2n) is 4.65. The fourth-order valence-corrected chi connectivity index (χ4v) is 2.55. The number of benzene rings is 1. The van der Waals surface area contributed by atoms with Gasteiger partial charge in [-0.05, 0) is 43.6 Å². The van der Waals surface area contributed by atoms with Crippen molar-refractivity contribution >= 4 is 12.4 Å². The molecule has 0 amide bonds. The minimum atomic E-state index is -0.197. The van der Waals surface area contributed by atoms with Gasteiger partial charge in [0.15, 0.2) is 0 Å². The second kappa shape index (κ2) is 6.34. The Morgan fingerprint density at radius 1 is 1.35 bits per heavy atom. The Hall–Kier alpha value is -0.640. The molecule has 1 aliphatic rings. The molecule has 1 aliphatic heterocycles. The van der Waals surface area contributed by atoms with Gasteiger partial charge in [-0.25, -0.2) is 4.39 Å². The van der Waals surface area contributed by atoms with Gasteiger partial charge in [-0.15, -0.1) is 12.4 Å². The molecule has 2 nitrogen and oxygen atoms in total. The fraction of sp³-hybridized carbons (Fsp3) is 0.538. The monoisotopic (exact) mass is 259 g/mol. The first-order valence-corrected chi connectivity index (χ1v) is 5.75. The van der Waals surface area contributed by atoms with Crippen LogP contribution in [0.25, 0.3) is 0 Å². The van der Waals surface area contributed by atoms with E-state index in [1.54, 1.807) is 0 Å². The summed E-state index contributed by atoms with van der Waals surface area (Å²) in [7, 11) is 2.07. The summed E-state index contributed by atoms with van der Waals surface area (Å²) in [6, 6.07) is 6.69. The van der Waals surface area contributed by atoms with Crippen molar-refractivity contribution in [3.8, 4) is 0 Å². The number of piperidine rings is 1. The molecule has 1 N–H and O–H groups in total. The van der Waals surface area contributed by atoms with Crippen LogP contribution >= 0.6 is 12.4 Å². The van der Waals surface area contributed by atoms with Crippen LogP contribution in [0.4, 0.5) is 4.39 Å². The van der Waals surface area contributed by atoms with Gasteiger partial charge in [0.2, 0.25) is 0 Å². The molecule has 0 bridgehead atoms. The van der Waals surface area contributed by atoms with Crippen molar-refractivity contribution in [2.75, 3.05) is 26.7 Å². The SMILES string of the molecule is CN1CC[C@@H](c2ccc(F)cc2)[C@@H](CO)C1.Cl. The van der Waals surface area contributed by atoms with Crippen molar-refractivity contribution in [3.05, 3.63) is 35.6 Å². The van der Waals surface area contributed by atoms with Crippen LogP contribution in [0.1, 0.15) is 17.9 Å². The summed E-state index contributed by atoms with van der Waals surface area (Å²) in [4.78, 5) is 2.24. The second-order valence-corrected chi connectivity index (χ2v) is 4.65. The fourth-order valence-electron chi connectivity index (χ4n) is 2.55. The molecule has 0 unspecified atom stereocenters. The Labute approximate surface area is 108 Å². The molecule has 1 fully saturated rings. The van der Waals surface area contributed by atoms with E-state index >= 15 is 0 Å². The minimum absolute atomic E-state index is 0. The van der Waals surface area contributed by atoms with E-state index in [-0.39, 0.29) is 30.7 Å². The van der Waals surface area contributed by atoms with Crippen LogP contribution in [0.15, 0.2) is 24.3 Å².